The van der Waals surface area contributed by atoms with E-state index in [1.165, 1.54) is 21.8 Å². The minimum Gasteiger partial charge on any atom is -0.342 e. The highest BCUT2D eigenvalue weighted by molar-refractivity contribution is 6.08. The fourth-order valence-electron chi connectivity index (χ4n) is 3.32. The summed E-state index contributed by atoms with van der Waals surface area (Å²) in [4.78, 5) is 7.05. The van der Waals surface area contributed by atoms with Gasteiger partial charge in [0.25, 0.3) is 0 Å². The summed E-state index contributed by atoms with van der Waals surface area (Å²) >= 11 is 0. The van der Waals surface area contributed by atoms with Crippen molar-refractivity contribution in [1.82, 2.24) is 19.8 Å². The molecule has 0 aliphatic rings. The molecule has 0 aliphatic carbocycles. The molecule has 4 nitrogen and oxygen atoms in total. The van der Waals surface area contributed by atoms with Crippen LogP contribution in [0.25, 0.3) is 21.8 Å². The Morgan fingerprint density at radius 3 is 2.65 bits per heavy atom. The van der Waals surface area contributed by atoms with Gasteiger partial charge in [0, 0.05) is 49.2 Å². The van der Waals surface area contributed by atoms with Crippen molar-refractivity contribution in [2.75, 3.05) is 26.2 Å². The number of nitrogens with zero attached hydrogens (tertiary/aromatic N) is 3. The molecule has 2 heterocycles. The number of aryl methyl sites for hydroxylation is 1. The smallest absolute Gasteiger partial charge is 0.0784 e. The second-order valence-electron chi connectivity index (χ2n) is 5.93. The van der Waals surface area contributed by atoms with Gasteiger partial charge in [-0.2, -0.15) is 0 Å². The third kappa shape index (κ3) is 3.09. The van der Waals surface area contributed by atoms with Crippen molar-refractivity contribution in [3.05, 3.63) is 42.2 Å². The lowest BCUT2D eigenvalue weighted by Crippen LogP contribution is -2.31. The van der Waals surface area contributed by atoms with Crippen LogP contribution in [0, 0.1) is 0 Å². The zero-order valence-electron chi connectivity index (χ0n) is 14.3. The maximum Gasteiger partial charge on any atom is 0.0784 e. The van der Waals surface area contributed by atoms with E-state index < -0.39 is 0 Å². The van der Waals surface area contributed by atoms with Gasteiger partial charge in [0.15, 0.2) is 0 Å². The Hall–Kier alpha value is -1.91. The summed E-state index contributed by atoms with van der Waals surface area (Å²) in [6.07, 6.45) is 1.93. The van der Waals surface area contributed by atoms with Crippen LogP contribution in [0.1, 0.15) is 19.5 Å². The monoisotopic (exact) mass is 310 g/mol. The highest BCUT2D eigenvalue weighted by Gasteiger charge is 2.11. The lowest BCUT2D eigenvalue weighted by molar-refractivity contribution is 0.302. The predicted molar refractivity (Wildman–Crippen MR) is 97.7 cm³/mol. The summed E-state index contributed by atoms with van der Waals surface area (Å²) in [6.45, 7) is 9.51. The molecule has 0 amide bonds. The lowest BCUT2D eigenvalue weighted by Gasteiger charge is -2.18. The zero-order chi connectivity index (χ0) is 16.2. The molecule has 0 atom stereocenters. The Kier molecular flexibility index (Phi) is 4.94. The molecule has 23 heavy (non-hydrogen) atoms. The normalized spacial score (nSPS) is 11.8. The van der Waals surface area contributed by atoms with Crippen LogP contribution < -0.4 is 5.32 Å². The van der Waals surface area contributed by atoms with Gasteiger partial charge >= 0.3 is 0 Å². The molecule has 0 unspecified atom stereocenters. The number of nitrogens with one attached hydrogen (secondary N) is 1. The summed E-state index contributed by atoms with van der Waals surface area (Å²) in [5, 5.41) is 6.14. The van der Waals surface area contributed by atoms with Gasteiger partial charge in [-0.1, -0.05) is 32.0 Å². The molecule has 2 aromatic heterocycles. The first-order chi connectivity index (χ1) is 11.3. The molecule has 122 valence electrons. The van der Waals surface area contributed by atoms with Crippen LogP contribution in [0.3, 0.4) is 0 Å². The Labute approximate surface area is 138 Å². The van der Waals surface area contributed by atoms with E-state index in [0.717, 1.165) is 38.4 Å². The molecule has 0 radical (unpaired) electrons. The predicted octanol–water partition coefficient (Wildman–Crippen LogP) is 3.16. The van der Waals surface area contributed by atoms with E-state index in [1.54, 1.807) is 0 Å². The first-order valence-electron chi connectivity index (χ1n) is 8.50. The molecule has 3 rings (SSSR count). The second-order valence-corrected chi connectivity index (χ2v) is 5.93. The van der Waals surface area contributed by atoms with E-state index in [1.807, 2.05) is 6.20 Å². The number of para-hydroxylation sites is 1. The maximum atomic E-state index is 4.62. The van der Waals surface area contributed by atoms with Gasteiger partial charge in [-0.3, -0.25) is 4.98 Å². The van der Waals surface area contributed by atoms with Crippen molar-refractivity contribution in [3.8, 4) is 0 Å². The Morgan fingerprint density at radius 1 is 1.09 bits per heavy atom. The van der Waals surface area contributed by atoms with E-state index in [9.17, 15) is 0 Å². The highest BCUT2D eigenvalue weighted by atomic mass is 15.1. The fraction of sp³-hybridized carbons (Fsp3) is 0.421. The first-order valence-corrected chi connectivity index (χ1v) is 8.50. The Bertz CT molecular complexity index is 787. The van der Waals surface area contributed by atoms with E-state index in [-0.39, 0.29) is 0 Å². The van der Waals surface area contributed by atoms with Gasteiger partial charge in [0.05, 0.1) is 11.2 Å². The summed E-state index contributed by atoms with van der Waals surface area (Å²) in [5.41, 5.74) is 3.63. The van der Waals surface area contributed by atoms with Gasteiger partial charge in [0.2, 0.25) is 0 Å². The SMILES string of the molecule is CCN(CC)CCNCc1nccc2c3ccccc3n(C)c12. The molecule has 0 bridgehead atoms. The van der Waals surface area contributed by atoms with Crippen LogP contribution in [0.2, 0.25) is 0 Å². The second kappa shape index (κ2) is 7.11. The number of hydrogen-bond donors (Lipinski definition) is 1. The molecule has 0 saturated heterocycles. The number of aromatic nitrogens is 2. The summed E-state index contributed by atoms with van der Waals surface area (Å²) in [5.74, 6) is 0. The van der Waals surface area contributed by atoms with Crippen molar-refractivity contribution in [2.24, 2.45) is 7.05 Å². The summed E-state index contributed by atoms with van der Waals surface area (Å²) in [7, 11) is 2.13. The van der Waals surface area contributed by atoms with Crippen LogP contribution in [0.5, 0.6) is 0 Å². The van der Waals surface area contributed by atoms with Crippen LogP contribution >= 0.6 is 0 Å². The topological polar surface area (TPSA) is 33.1 Å². The maximum absolute atomic E-state index is 4.62. The number of pyridine rings is 1. The van der Waals surface area contributed by atoms with E-state index >= 15 is 0 Å². The largest absolute Gasteiger partial charge is 0.342 e. The number of likely N-dealkylation sites (N-methyl/N-ethyl adjacent to an activating group) is 1. The molecular formula is C19H26N4. The number of rotatable bonds is 7. The molecular weight excluding hydrogens is 284 g/mol. The molecule has 3 aromatic rings. The quantitative estimate of drug-likeness (QED) is 0.681. The summed E-state index contributed by atoms with van der Waals surface area (Å²) < 4.78 is 2.26. The van der Waals surface area contributed by atoms with Gasteiger partial charge in [-0.05, 0) is 25.2 Å². The van der Waals surface area contributed by atoms with Crippen molar-refractivity contribution < 1.29 is 0 Å². The van der Waals surface area contributed by atoms with Crippen molar-refractivity contribution >= 4 is 21.8 Å². The third-order valence-corrected chi connectivity index (χ3v) is 4.68. The van der Waals surface area contributed by atoms with Gasteiger partial charge in [-0.15, -0.1) is 0 Å². The van der Waals surface area contributed by atoms with Crippen LogP contribution in [-0.4, -0.2) is 40.6 Å². The number of fused-ring (bicyclic) bond motifs is 3. The molecule has 0 aliphatic heterocycles. The lowest BCUT2D eigenvalue weighted by atomic mass is 10.1. The number of hydrogen-bond acceptors (Lipinski definition) is 3. The molecule has 4 heteroatoms. The molecule has 0 fully saturated rings. The van der Waals surface area contributed by atoms with E-state index in [0.29, 0.717) is 0 Å². The van der Waals surface area contributed by atoms with E-state index in [2.05, 4.69) is 71.0 Å². The first kappa shape index (κ1) is 16.0. The third-order valence-electron chi connectivity index (χ3n) is 4.68. The average Bonchev–Trinajstić information content (AvgIpc) is 2.89. The van der Waals surface area contributed by atoms with Crippen molar-refractivity contribution in [1.29, 1.82) is 0 Å². The molecule has 1 aromatic carbocycles. The number of benzene rings is 1. The van der Waals surface area contributed by atoms with Gasteiger partial charge in [0.1, 0.15) is 0 Å². The molecule has 0 spiro atoms. The standard InChI is InChI=1S/C19H26N4/c1-4-23(5-2)13-12-20-14-17-19-16(10-11-21-17)15-8-6-7-9-18(15)22(19)3/h6-11,20H,4-5,12-14H2,1-3H3. The van der Waals surface area contributed by atoms with Crippen molar-refractivity contribution in [3.63, 3.8) is 0 Å². The summed E-state index contributed by atoms with van der Waals surface area (Å²) in [6, 6.07) is 10.7. The minimum absolute atomic E-state index is 0.808. The molecule has 0 saturated carbocycles. The van der Waals surface area contributed by atoms with Crippen molar-refractivity contribution in [2.45, 2.75) is 20.4 Å². The highest BCUT2D eigenvalue weighted by Crippen LogP contribution is 2.28. The van der Waals surface area contributed by atoms with E-state index in [4.69, 9.17) is 0 Å². The van der Waals surface area contributed by atoms with Crippen LogP contribution in [0.4, 0.5) is 0 Å². The fourth-order valence-corrected chi connectivity index (χ4v) is 3.32. The van der Waals surface area contributed by atoms with Crippen LogP contribution in [-0.2, 0) is 13.6 Å². The zero-order valence-corrected chi connectivity index (χ0v) is 14.3. The minimum atomic E-state index is 0.808. The van der Waals surface area contributed by atoms with Gasteiger partial charge in [-0.25, -0.2) is 0 Å². The Morgan fingerprint density at radius 2 is 1.87 bits per heavy atom. The average molecular weight is 310 g/mol. The molecule has 1 N–H and O–H groups in total. The van der Waals surface area contributed by atoms with Gasteiger partial charge < -0.3 is 14.8 Å². The van der Waals surface area contributed by atoms with Crippen LogP contribution in [0.15, 0.2) is 36.5 Å². The Balaban J connectivity index is 1.82.